The molecular formula is C19H16ClN3O3S. The van der Waals surface area contributed by atoms with Gasteiger partial charge >= 0.3 is 0 Å². The molecule has 8 heteroatoms. The molecule has 2 amide bonds. The second-order valence-corrected chi connectivity index (χ2v) is 6.80. The van der Waals surface area contributed by atoms with E-state index in [1.165, 1.54) is 18.4 Å². The fourth-order valence-corrected chi connectivity index (χ4v) is 3.14. The maximum atomic E-state index is 12.1. The molecule has 0 spiro atoms. The summed E-state index contributed by atoms with van der Waals surface area (Å²) in [7, 11) is 1.52. The lowest BCUT2D eigenvalue weighted by atomic mass is 10.2. The first-order valence-corrected chi connectivity index (χ1v) is 9.24. The van der Waals surface area contributed by atoms with Gasteiger partial charge in [0.25, 0.3) is 5.91 Å². The molecule has 0 aliphatic heterocycles. The Morgan fingerprint density at radius 1 is 1.19 bits per heavy atom. The van der Waals surface area contributed by atoms with Crippen LogP contribution in [0.1, 0.15) is 10.4 Å². The molecule has 0 fully saturated rings. The first-order valence-electron chi connectivity index (χ1n) is 7.99. The van der Waals surface area contributed by atoms with Crippen molar-refractivity contribution in [2.45, 2.75) is 0 Å². The summed E-state index contributed by atoms with van der Waals surface area (Å²) in [6.07, 6.45) is 0. The summed E-state index contributed by atoms with van der Waals surface area (Å²) in [6.45, 7) is -0.161. The number of rotatable bonds is 6. The van der Waals surface area contributed by atoms with Crippen molar-refractivity contribution in [1.82, 2.24) is 10.3 Å². The van der Waals surface area contributed by atoms with Gasteiger partial charge in [-0.05, 0) is 30.3 Å². The molecule has 0 radical (unpaired) electrons. The van der Waals surface area contributed by atoms with Crippen LogP contribution in [-0.2, 0) is 4.79 Å². The van der Waals surface area contributed by atoms with Crippen LogP contribution in [-0.4, -0.2) is 30.5 Å². The van der Waals surface area contributed by atoms with Gasteiger partial charge in [-0.25, -0.2) is 4.98 Å². The summed E-state index contributed by atoms with van der Waals surface area (Å²) in [5, 5.41) is 8.19. The Balaban J connectivity index is 1.55. The van der Waals surface area contributed by atoms with Crippen molar-refractivity contribution in [3.8, 4) is 17.0 Å². The SMILES string of the molecule is COc1cccc(C(=O)NCC(=O)Nc2nc(-c3ccc(Cl)cc3)cs2)c1. The molecule has 0 saturated carbocycles. The van der Waals surface area contributed by atoms with Gasteiger partial charge in [0.1, 0.15) is 5.75 Å². The normalized spacial score (nSPS) is 10.3. The lowest BCUT2D eigenvalue weighted by Crippen LogP contribution is -2.32. The minimum atomic E-state index is -0.358. The fraction of sp³-hybridized carbons (Fsp3) is 0.105. The summed E-state index contributed by atoms with van der Waals surface area (Å²) in [4.78, 5) is 28.5. The third-order valence-corrected chi connectivity index (χ3v) is 4.64. The summed E-state index contributed by atoms with van der Waals surface area (Å²) in [5.41, 5.74) is 2.07. The third kappa shape index (κ3) is 5.06. The number of nitrogens with zero attached hydrogens (tertiary/aromatic N) is 1. The van der Waals surface area contributed by atoms with E-state index in [0.717, 1.165) is 11.3 Å². The zero-order valence-corrected chi connectivity index (χ0v) is 15.9. The number of ether oxygens (including phenoxy) is 1. The van der Waals surface area contributed by atoms with Gasteiger partial charge in [0.2, 0.25) is 5.91 Å². The van der Waals surface area contributed by atoms with Crippen molar-refractivity contribution in [3.05, 3.63) is 64.5 Å². The number of anilines is 1. The van der Waals surface area contributed by atoms with Gasteiger partial charge in [0.15, 0.2) is 5.13 Å². The molecule has 1 aromatic heterocycles. The quantitative estimate of drug-likeness (QED) is 0.657. The van der Waals surface area contributed by atoms with Crippen LogP contribution in [0.3, 0.4) is 0 Å². The molecule has 138 valence electrons. The van der Waals surface area contributed by atoms with Crippen LogP contribution < -0.4 is 15.4 Å². The highest BCUT2D eigenvalue weighted by atomic mass is 35.5. The third-order valence-electron chi connectivity index (χ3n) is 3.63. The average molecular weight is 402 g/mol. The van der Waals surface area contributed by atoms with Gasteiger partial charge in [-0.1, -0.05) is 29.8 Å². The van der Waals surface area contributed by atoms with Crippen molar-refractivity contribution in [2.75, 3.05) is 19.0 Å². The van der Waals surface area contributed by atoms with Crippen LogP contribution in [0.4, 0.5) is 5.13 Å². The van der Waals surface area contributed by atoms with E-state index in [2.05, 4.69) is 15.6 Å². The highest BCUT2D eigenvalue weighted by Crippen LogP contribution is 2.25. The van der Waals surface area contributed by atoms with Crippen molar-refractivity contribution in [1.29, 1.82) is 0 Å². The average Bonchev–Trinajstić information content (AvgIpc) is 3.15. The molecule has 0 atom stereocenters. The summed E-state index contributed by atoms with van der Waals surface area (Å²) < 4.78 is 5.08. The Kier molecular flexibility index (Phi) is 6.05. The van der Waals surface area contributed by atoms with E-state index >= 15 is 0 Å². The fourth-order valence-electron chi connectivity index (χ4n) is 2.27. The second-order valence-electron chi connectivity index (χ2n) is 5.51. The van der Waals surface area contributed by atoms with E-state index < -0.39 is 0 Å². The predicted octanol–water partition coefficient (Wildman–Crippen LogP) is 3.84. The van der Waals surface area contributed by atoms with Crippen molar-refractivity contribution < 1.29 is 14.3 Å². The molecule has 6 nitrogen and oxygen atoms in total. The van der Waals surface area contributed by atoms with Crippen molar-refractivity contribution in [3.63, 3.8) is 0 Å². The number of methoxy groups -OCH3 is 1. The van der Waals surface area contributed by atoms with Gasteiger partial charge in [-0.15, -0.1) is 11.3 Å². The number of carbonyl (C=O) groups excluding carboxylic acids is 2. The Labute approximate surface area is 165 Å². The van der Waals surface area contributed by atoms with Crippen LogP contribution in [0.25, 0.3) is 11.3 Å². The molecule has 1 heterocycles. The van der Waals surface area contributed by atoms with E-state index in [1.54, 1.807) is 36.4 Å². The smallest absolute Gasteiger partial charge is 0.251 e. The molecule has 3 rings (SSSR count). The molecule has 0 aliphatic carbocycles. The molecule has 0 aliphatic rings. The van der Waals surface area contributed by atoms with Gasteiger partial charge in [0, 0.05) is 21.5 Å². The lowest BCUT2D eigenvalue weighted by Gasteiger charge is -2.06. The van der Waals surface area contributed by atoms with E-state index in [0.29, 0.717) is 21.5 Å². The summed E-state index contributed by atoms with van der Waals surface area (Å²) in [5.74, 6) is -0.141. The number of thiazole rings is 1. The van der Waals surface area contributed by atoms with Crippen molar-refractivity contribution >= 4 is 39.9 Å². The molecule has 27 heavy (non-hydrogen) atoms. The van der Waals surface area contributed by atoms with Crippen molar-refractivity contribution in [2.24, 2.45) is 0 Å². The van der Waals surface area contributed by atoms with Gasteiger partial charge < -0.3 is 15.4 Å². The van der Waals surface area contributed by atoms with Crippen LogP contribution in [0.5, 0.6) is 5.75 Å². The van der Waals surface area contributed by atoms with Crippen LogP contribution in [0.2, 0.25) is 5.02 Å². The Hall–Kier alpha value is -2.90. The number of amides is 2. The summed E-state index contributed by atoms with van der Waals surface area (Å²) in [6, 6.07) is 14.0. The van der Waals surface area contributed by atoms with Crippen LogP contribution in [0.15, 0.2) is 53.9 Å². The summed E-state index contributed by atoms with van der Waals surface area (Å²) >= 11 is 7.19. The van der Waals surface area contributed by atoms with E-state index in [4.69, 9.17) is 16.3 Å². The number of benzene rings is 2. The standard InChI is InChI=1S/C19H16ClN3O3S/c1-26-15-4-2-3-13(9-15)18(25)21-10-17(24)23-19-22-16(11-27-19)12-5-7-14(20)8-6-12/h2-9,11H,10H2,1H3,(H,21,25)(H,22,23,24). The lowest BCUT2D eigenvalue weighted by molar-refractivity contribution is -0.115. The van der Waals surface area contributed by atoms with E-state index in [1.807, 2.05) is 17.5 Å². The minimum Gasteiger partial charge on any atom is -0.497 e. The van der Waals surface area contributed by atoms with Gasteiger partial charge in [-0.3, -0.25) is 9.59 Å². The zero-order chi connectivity index (χ0) is 19.2. The number of hydrogen-bond donors (Lipinski definition) is 2. The highest BCUT2D eigenvalue weighted by Gasteiger charge is 2.11. The zero-order valence-electron chi connectivity index (χ0n) is 14.4. The molecule has 2 N–H and O–H groups in total. The Bertz CT molecular complexity index is 957. The maximum Gasteiger partial charge on any atom is 0.251 e. The number of halogens is 1. The monoisotopic (exact) mass is 401 g/mol. The van der Waals surface area contributed by atoms with E-state index in [9.17, 15) is 9.59 Å². The molecule has 0 bridgehead atoms. The molecule has 2 aromatic carbocycles. The number of carbonyl (C=O) groups is 2. The number of nitrogens with one attached hydrogen (secondary N) is 2. The van der Waals surface area contributed by atoms with E-state index in [-0.39, 0.29) is 18.4 Å². The molecule has 0 unspecified atom stereocenters. The van der Waals surface area contributed by atoms with Crippen LogP contribution in [0, 0.1) is 0 Å². The van der Waals surface area contributed by atoms with Gasteiger partial charge in [0.05, 0.1) is 19.3 Å². The molecule has 3 aromatic rings. The molecular weight excluding hydrogens is 386 g/mol. The first kappa shape index (κ1) is 18.9. The Morgan fingerprint density at radius 2 is 1.96 bits per heavy atom. The topological polar surface area (TPSA) is 80.3 Å². The number of aromatic nitrogens is 1. The maximum absolute atomic E-state index is 12.1. The Morgan fingerprint density at radius 3 is 2.70 bits per heavy atom. The highest BCUT2D eigenvalue weighted by molar-refractivity contribution is 7.14. The van der Waals surface area contributed by atoms with Gasteiger partial charge in [-0.2, -0.15) is 0 Å². The largest absolute Gasteiger partial charge is 0.497 e. The number of hydrogen-bond acceptors (Lipinski definition) is 5. The van der Waals surface area contributed by atoms with Crippen LogP contribution >= 0.6 is 22.9 Å². The molecule has 0 saturated heterocycles. The second kappa shape index (κ2) is 8.66. The first-order chi connectivity index (χ1) is 13.0. The minimum absolute atomic E-state index is 0.161. The predicted molar refractivity (Wildman–Crippen MR) is 107 cm³/mol.